The largest absolute Gasteiger partial charge is 0.366 e. The summed E-state index contributed by atoms with van der Waals surface area (Å²) in [5.74, 6) is 1.36. The van der Waals surface area contributed by atoms with E-state index in [-0.39, 0.29) is 12.0 Å². The Morgan fingerprint density at radius 2 is 2.17 bits per heavy atom. The maximum absolute atomic E-state index is 13.1. The highest BCUT2D eigenvalue weighted by Crippen LogP contribution is 2.26. The molecule has 0 radical (unpaired) electrons. The highest BCUT2D eigenvalue weighted by atomic mass is 16.5. The lowest BCUT2D eigenvalue weighted by molar-refractivity contribution is -0.0266. The summed E-state index contributed by atoms with van der Waals surface area (Å²) in [6, 6.07) is 7.87. The molecular weight excluding hydrogens is 306 g/mol. The van der Waals surface area contributed by atoms with Crippen LogP contribution in [0.25, 0.3) is 10.9 Å². The summed E-state index contributed by atoms with van der Waals surface area (Å²) in [7, 11) is 0. The number of aromatic nitrogens is 4. The van der Waals surface area contributed by atoms with Crippen molar-refractivity contribution in [2.24, 2.45) is 0 Å². The van der Waals surface area contributed by atoms with Crippen molar-refractivity contribution >= 4 is 16.8 Å². The number of carbonyl (C=O) groups is 1. The fourth-order valence-corrected chi connectivity index (χ4v) is 3.20. The van der Waals surface area contributed by atoms with E-state index >= 15 is 0 Å². The lowest BCUT2D eigenvalue weighted by atomic mass is 10.1. The van der Waals surface area contributed by atoms with E-state index in [1.165, 1.54) is 0 Å². The van der Waals surface area contributed by atoms with Crippen molar-refractivity contribution in [2.45, 2.75) is 20.0 Å². The smallest absolute Gasteiger partial charge is 0.256 e. The molecule has 1 atom stereocenters. The van der Waals surface area contributed by atoms with Crippen LogP contribution in [-0.2, 0) is 4.74 Å². The SMILES string of the molecule is Cc1nc(C2CN(C(=O)c3c(C)[nH]c4ccccc34)CCO2)n[nH]1. The molecular formula is C17H19N5O2. The van der Waals surface area contributed by atoms with E-state index in [2.05, 4.69) is 20.2 Å². The van der Waals surface area contributed by atoms with E-state index in [1.54, 1.807) is 0 Å². The zero-order valence-electron chi connectivity index (χ0n) is 13.7. The lowest BCUT2D eigenvalue weighted by Crippen LogP contribution is -2.42. The predicted molar refractivity (Wildman–Crippen MR) is 88.8 cm³/mol. The number of benzene rings is 1. The van der Waals surface area contributed by atoms with E-state index in [0.717, 1.165) is 28.0 Å². The quantitative estimate of drug-likeness (QED) is 0.755. The normalized spacial score (nSPS) is 18.2. The van der Waals surface area contributed by atoms with Crippen LogP contribution in [0.15, 0.2) is 24.3 Å². The Hall–Kier alpha value is -2.67. The Balaban J connectivity index is 1.62. The fourth-order valence-electron chi connectivity index (χ4n) is 3.20. The molecule has 7 nitrogen and oxygen atoms in total. The molecule has 1 aliphatic rings. The maximum atomic E-state index is 13.1. The summed E-state index contributed by atoms with van der Waals surface area (Å²) in [6.07, 6.45) is -0.293. The van der Waals surface area contributed by atoms with E-state index in [1.807, 2.05) is 43.0 Å². The first-order valence-electron chi connectivity index (χ1n) is 8.00. The van der Waals surface area contributed by atoms with Gasteiger partial charge in [0.25, 0.3) is 5.91 Å². The number of rotatable bonds is 2. The van der Waals surface area contributed by atoms with Gasteiger partial charge in [-0.05, 0) is 19.9 Å². The molecule has 0 saturated carbocycles. The summed E-state index contributed by atoms with van der Waals surface area (Å²) in [4.78, 5) is 22.5. The number of para-hydroxylation sites is 1. The standard InChI is InChI=1S/C17H19N5O2/c1-10-15(12-5-3-4-6-13(12)18-10)17(23)22-7-8-24-14(9-22)16-19-11(2)20-21-16/h3-6,14,18H,7-9H2,1-2H3,(H,19,20,21). The molecule has 24 heavy (non-hydrogen) atoms. The Morgan fingerprint density at radius 3 is 2.96 bits per heavy atom. The molecule has 1 unspecified atom stereocenters. The number of nitrogens with one attached hydrogen (secondary N) is 2. The Bertz CT molecular complexity index is 897. The minimum atomic E-state index is -0.293. The summed E-state index contributed by atoms with van der Waals surface area (Å²) < 4.78 is 5.75. The third-order valence-electron chi connectivity index (χ3n) is 4.36. The van der Waals surface area contributed by atoms with Crippen molar-refractivity contribution in [1.29, 1.82) is 0 Å². The van der Waals surface area contributed by atoms with Gasteiger partial charge in [0.2, 0.25) is 0 Å². The number of morpholine rings is 1. The predicted octanol–water partition coefficient (Wildman–Crippen LogP) is 2.12. The molecule has 1 aromatic carbocycles. The van der Waals surface area contributed by atoms with Crippen LogP contribution in [0.3, 0.4) is 0 Å². The minimum absolute atomic E-state index is 0.0190. The average molecular weight is 325 g/mol. The number of fused-ring (bicyclic) bond motifs is 1. The summed E-state index contributed by atoms with van der Waals surface area (Å²) >= 11 is 0. The van der Waals surface area contributed by atoms with Crippen LogP contribution in [0.5, 0.6) is 0 Å². The molecule has 0 aliphatic carbocycles. The zero-order chi connectivity index (χ0) is 16.7. The maximum Gasteiger partial charge on any atom is 0.256 e. The number of carbonyl (C=O) groups excluding carboxylic acids is 1. The van der Waals surface area contributed by atoms with Gasteiger partial charge in [-0.25, -0.2) is 4.98 Å². The molecule has 2 N–H and O–H groups in total. The van der Waals surface area contributed by atoms with E-state index in [4.69, 9.17) is 4.74 Å². The Morgan fingerprint density at radius 1 is 1.33 bits per heavy atom. The van der Waals surface area contributed by atoms with Crippen molar-refractivity contribution in [1.82, 2.24) is 25.1 Å². The molecule has 3 heterocycles. The second-order valence-corrected chi connectivity index (χ2v) is 6.06. The number of amides is 1. The van der Waals surface area contributed by atoms with Gasteiger partial charge in [0, 0.05) is 23.1 Å². The van der Waals surface area contributed by atoms with Crippen LogP contribution in [0.4, 0.5) is 0 Å². The van der Waals surface area contributed by atoms with E-state index < -0.39 is 0 Å². The van der Waals surface area contributed by atoms with Crippen LogP contribution in [0.1, 0.15) is 33.8 Å². The highest BCUT2D eigenvalue weighted by molar-refractivity contribution is 6.08. The van der Waals surface area contributed by atoms with E-state index in [0.29, 0.717) is 25.5 Å². The number of H-pyrrole nitrogens is 2. The molecule has 7 heteroatoms. The van der Waals surface area contributed by atoms with Gasteiger partial charge in [-0.1, -0.05) is 18.2 Å². The molecule has 1 fully saturated rings. The van der Waals surface area contributed by atoms with Crippen molar-refractivity contribution in [3.8, 4) is 0 Å². The van der Waals surface area contributed by atoms with Gasteiger partial charge in [0.15, 0.2) is 5.82 Å². The van der Waals surface area contributed by atoms with Gasteiger partial charge in [-0.15, -0.1) is 0 Å². The molecule has 2 aromatic heterocycles. The topological polar surface area (TPSA) is 86.9 Å². The van der Waals surface area contributed by atoms with Crippen molar-refractivity contribution < 1.29 is 9.53 Å². The third kappa shape index (κ3) is 2.46. The van der Waals surface area contributed by atoms with Crippen LogP contribution < -0.4 is 0 Å². The van der Waals surface area contributed by atoms with Gasteiger partial charge >= 0.3 is 0 Å². The summed E-state index contributed by atoms with van der Waals surface area (Å²) in [5.41, 5.74) is 2.60. The van der Waals surface area contributed by atoms with Gasteiger partial charge in [0.1, 0.15) is 11.9 Å². The number of hydrogen-bond acceptors (Lipinski definition) is 4. The first-order chi connectivity index (χ1) is 11.6. The molecule has 124 valence electrons. The van der Waals surface area contributed by atoms with Crippen molar-refractivity contribution in [3.05, 3.63) is 47.2 Å². The molecule has 0 spiro atoms. The third-order valence-corrected chi connectivity index (χ3v) is 4.36. The number of nitrogens with zero attached hydrogens (tertiary/aromatic N) is 3. The van der Waals surface area contributed by atoms with Crippen LogP contribution in [0, 0.1) is 13.8 Å². The second kappa shape index (κ2) is 5.76. The van der Waals surface area contributed by atoms with Crippen LogP contribution >= 0.6 is 0 Å². The molecule has 1 amide bonds. The minimum Gasteiger partial charge on any atom is -0.366 e. The fraction of sp³-hybridized carbons (Fsp3) is 0.353. The van der Waals surface area contributed by atoms with Crippen molar-refractivity contribution in [2.75, 3.05) is 19.7 Å². The zero-order valence-corrected chi connectivity index (χ0v) is 13.7. The average Bonchev–Trinajstić information content (AvgIpc) is 3.17. The lowest BCUT2D eigenvalue weighted by Gasteiger charge is -2.31. The van der Waals surface area contributed by atoms with Crippen LogP contribution in [-0.4, -0.2) is 50.7 Å². The van der Waals surface area contributed by atoms with Gasteiger partial charge in [0.05, 0.1) is 18.7 Å². The van der Waals surface area contributed by atoms with Gasteiger partial charge in [-0.2, -0.15) is 5.10 Å². The molecule has 1 aliphatic heterocycles. The Labute approximate surface area is 139 Å². The molecule has 1 saturated heterocycles. The van der Waals surface area contributed by atoms with Gasteiger partial charge < -0.3 is 14.6 Å². The second-order valence-electron chi connectivity index (χ2n) is 6.06. The molecule has 4 rings (SSSR count). The first kappa shape index (κ1) is 14.9. The number of aryl methyl sites for hydroxylation is 2. The van der Waals surface area contributed by atoms with Crippen LogP contribution in [0.2, 0.25) is 0 Å². The summed E-state index contributed by atoms with van der Waals surface area (Å²) in [5, 5.41) is 7.93. The molecule has 3 aromatic rings. The van der Waals surface area contributed by atoms with Crippen molar-refractivity contribution in [3.63, 3.8) is 0 Å². The monoisotopic (exact) mass is 325 g/mol. The summed E-state index contributed by atoms with van der Waals surface area (Å²) in [6.45, 7) is 5.28. The number of hydrogen-bond donors (Lipinski definition) is 2. The number of aromatic amines is 2. The Kier molecular flexibility index (Phi) is 3.57. The van der Waals surface area contributed by atoms with E-state index in [9.17, 15) is 4.79 Å². The van der Waals surface area contributed by atoms with Gasteiger partial charge in [-0.3, -0.25) is 9.89 Å². The first-order valence-corrected chi connectivity index (χ1v) is 8.00. The number of ether oxygens (including phenoxy) is 1. The highest BCUT2D eigenvalue weighted by Gasteiger charge is 2.30. The molecule has 0 bridgehead atoms.